The van der Waals surface area contributed by atoms with Crippen LogP contribution in [0.5, 0.6) is 17.2 Å². The molecule has 0 aliphatic carbocycles. The van der Waals surface area contributed by atoms with Crippen molar-refractivity contribution in [3.8, 4) is 28.4 Å². The fourth-order valence-electron chi connectivity index (χ4n) is 2.77. The van der Waals surface area contributed by atoms with E-state index in [4.69, 9.17) is 9.47 Å². The van der Waals surface area contributed by atoms with E-state index >= 15 is 0 Å². The molecule has 0 radical (unpaired) electrons. The number of ether oxygens (including phenoxy) is 3. The molecule has 1 N–H and O–H groups in total. The van der Waals surface area contributed by atoms with E-state index in [1.165, 1.54) is 26.4 Å². The van der Waals surface area contributed by atoms with Crippen LogP contribution in [0, 0.1) is 0 Å². The zero-order valence-electron chi connectivity index (χ0n) is 15.8. The molecule has 0 saturated heterocycles. The molecule has 7 heteroatoms. The van der Waals surface area contributed by atoms with Crippen molar-refractivity contribution in [3.63, 3.8) is 0 Å². The van der Waals surface area contributed by atoms with E-state index < -0.39 is 6.61 Å². The molecule has 0 bridgehead atoms. The standard InChI is InChI=1S/C22H19F2NO4/c1-27-17-9-6-14(7-10-17)19-13-16(8-11-20(19)29-22(23)24)25-21(26)15-4-3-5-18(12-15)28-2/h3-13,22H,1-2H3,(H,25,26). The summed E-state index contributed by atoms with van der Waals surface area (Å²) in [5.74, 6) is 0.835. The van der Waals surface area contributed by atoms with Gasteiger partial charge in [0.15, 0.2) is 0 Å². The van der Waals surface area contributed by atoms with Crippen LogP contribution in [-0.2, 0) is 0 Å². The highest BCUT2D eigenvalue weighted by Crippen LogP contribution is 2.34. The first kappa shape index (κ1) is 20.1. The van der Waals surface area contributed by atoms with Gasteiger partial charge in [0.1, 0.15) is 17.2 Å². The Morgan fingerprint density at radius 2 is 1.62 bits per heavy atom. The third-order valence-electron chi connectivity index (χ3n) is 4.19. The molecule has 1 amide bonds. The first-order valence-electron chi connectivity index (χ1n) is 8.69. The lowest BCUT2D eigenvalue weighted by molar-refractivity contribution is -0.0494. The number of hydrogen-bond acceptors (Lipinski definition) is 4. The zero-order valence-corrected chi connectivity index (χ0v) is 15.8. The third kappa shape index (κ3) is 5.01. The van der Waals surface area contributed by atoms with Crippen LogP contribution < -0.4 is 19.5 Å². The summed E-state index contributed by atoms with van der Waals surface area (Å²) < 4.78 is 40.5. The molecular weight excluding hydrogens is 380 g/mol. The average molecular weight is 399 g/mol. The fourth-order valence-corrected chi connectivity index (χ4v) is 2.77. The van der Waals surface area contributed by atoms with Crippen molar-refractivity contribution in [2.75, 3.05) is 19.5 Å². The highest BCUT2D eigenvalue weighted by Gasteiger charge is 2.14. The van der Waals surface area contributed by atoms with Gasteiger partial charge < -0.3 is 19.5 Å². The second-order valence-electron chi connectivity index (χ2n) is 6.00. The first-order chi connectivity index (χ1) is 14.0. The highest BCUT2D eigenvalue weighted by atomic mass is 19.3. The SMILES string of the molecule is COc1ccc(-c2cc(NC(=O)c3cccc(OC)c3)ccc2OC(F)F)cc1. The van der Waals surface area contributed by atoms with E-state index in [0.717, 1.165) is 0 Å². The molecule has 0 aliphatic rings. The topological polar surface area (TPSA) is 56.8 Å². The number of rotatable bonds is 7. The molecule has 0 fully saturated rings. The Balaban J connectivity index is 1.92. The van der Waals surface area contributed by atoms with E-state index in [9.17, 15) is 13.6 Å². The van der Waals surface area contributed by atoms with Crippen LogP contribution in [0.25, 0.3) is 11.1 Å². The number of methoxy groups -OCH3 is 2. The molecule has 3 aromatic carbocycles. The van der Waals surface area contributed by atoms with Gasteiger partial charge in [-0.2, -0.15) is 8.78 Å². The summed E-state index contributed by atoms with van der Waals surface area (Å²) in [6, 6.07) is 18.0. The molecule has 0 heterocycles. The Morgan fingerprint density at radius 3 is 2.28 bits per heavy atom. The number of carbonyl (C=O) groups excluding carboxylic acids is 1. The van der Waals surface area contributed by atoms with Crippen molar-refractivity contribution in [3.05, 3.63) is 72.3 Å². The Labute approximate surface area is 166 Å². The van der Waals surface area contributed by atoms with Crippen molar-refractivity contribution in [2.24, 2.45) is 0 Å². The van der Waals surface area contributed by atoms with E-state index in [1.807, 2.05) is 0 Å². The van der Waals surface area contributed by atoms with Gasteiger partial charge in [-0.3, -0.25) is 4.79 Å². The molecule has 0 spiro atoms. The predicted octanol–water partition coefficient (Wildman–Crippen LogP) is 5.22. The van der Waals surface area contributed by atoms with Crippen molar-refractivity contribution >= 4 is 11.6 Å². The minimum absolute atomic E-state index is 0.00421. The number of carbonyl (C=O) groups is 1. The first-order valence-corrected chi connectivity index (χ1v) is 8.69. The Bertz CT molecular complexity index is 990. The van der Waals surface area contributed by atoms with Crippen LogP contribution in [0.3, 0.4) is 0 Å². The van der Waals surface area contributed by atoms with Gasteiger partial charge in [-0.05, 0) is 54.1 Å². The van der Waals surface area contributed by atoms with Crippen molar-refractivity contribution < 1.29 is 27.8 Å². The van der Waals surface area contributed by atoms with Crippen LogP contribution in [-0.4, -0.2) is 26.7 Å². The molecule has 0 saturated carbocycles. The Hall–Kier alpha value is -3.61. The summed E-state index contributed by atoms with van der Waals surface area (Å²) in [4.78, 5) is 12.5. The van der Waals surface area contributed by atoms with Crippen LogP contribution >= 0.6 is 0 Å². The lowest BCUT2D eigenvalue weighted by Gasteiger charge is -2.14. The molecule has 3 aromatic rings. The number of anilines is 1. The average Bonchev–Trinajstić information content (AvgIpc) is 2.74. The largest absolute Gasteiger partial charge is 0.497 e. The number of benzene rings is 3. The number of hydrogen-bond donors (Lipinski definition) is 1. The Kier molecular flexibility index (Phi) is 6.29. The summed E-state index contributed by atoms with van der Waals surface area (Å²) in [6.07, 6.45) is 0. The highest BCUT2D eigenvalue weighted by molar-refractivity contribution is 6.04. The quantitative estimate of drug-likeness (QED) is 0.592. The summed E-state index contributed by atoms with van der Waals surface area (Å²) in [6.45, 7) is -2.97. The van der Waals surface area contributed by atoms with Gasteiger partial charge in [-0.15, -0.1) is 0 Å². The lowest BCUT2D eigenvalue weighted by Crippen LogP contribution is -2.12. The van der Waals surface area contributed by atoms with E-state index in [0.29, 0.717) is 33.9 Å². The molecule has 29 heavy (non-hydrogen) atoms. The van der Waals surface area contributed by atoms with Crippen LogP contribution in [0.1, 0.15) is 10.4 Å². The lowest BCUT2D eigenvalue weighted by atomic mass is 10.0. The van der Waals surface area contributed by atoms with E-state index in [-0.39, 0.29) is 11.7 Å². The zero-order chi connectivity index (χ0) is 20.8. The minimum atomic E-state index is -2.97. The van der Waals surface area contributed by atoms with Crippen LogP contribution in [0.4, 0.5) is 14.5 Å². The number of halogens is 2. The maximum absolute atomic E-state index is 12.8. The smallest absolute Gasteiger partial charge is 0.387 e. The maximum atomic E-state index is 12.8. The normalized spacial score (nSPS) is 10.5. The molecule has 150 valence electrons. The van der Waals surface area contributed by atoms with Gasteiger partial charge in [0.25, 0.3) is 5.91 Å². The van der Waals surface area contributed by atoms with Crippen LogP contribution in [0.15, 0.2) is 66.7 Å². The Morgan fingerprint density at radius 1 is 0.897 bits per heavy atom. The summed E-state index contributed by atoms with van der Waals surface area (Å²) in [5.41, 5.74) is 1.89. The monoisotopic (exact) mass is 399 g/mol. The molecule has 0 unspecified atom stereocenters. The summed E-state index contributed by atoms with van der Waals surface area (Å²) >= 11 is 0. The van der Waals surface area contributed by atoms with E-state index in [2.05, 4.69) is 10.1 Å². The van der Waals surface area contributed by atoms with Crippen molar-refractivity contribution in [1.82, 2.24) is 0 Å². The fraction of sp³-hybridized carbons (Fsp3) is 0.136. The van der Waals surface area contributed by atoms with Gasteiger partial charge in [-0.1, -0.05) is 18.2 Å². The van der Waals surface area contributed by atoms with Gasteiger partial charge in [0, 0.05) is 16.8 Å². The molecular formula is C22H19F2NO4. The second kappa shape index (κ2) is 9.05. The molecule has 0 aromatic heterocycles. The van der Waals surface area contributed by atoms with Gasteiger partial charge >= 0.3 is 6.61 Å². The van der Waals surface area contributed by atoms with Crippen molar-refractivity contribution in [2.45, 2.75) is 6.61 Å². The predicted molar refractivity (Wildman–Crippen MR) is 106 cm³/mol. The number of alkyl halides is 2. The van der Waals surface area contributed by atoms with Gasteiger partial charge in [-0.25, -0.2) is 0 Å². The summed E-state index contributed by atoms with van der Waals surface area (Å²) in [5, 5.41) is 2.76. The van der Waals surface area contributed by atoms with Gasteiger partial charge in [0.05, 0.1) is 14.2 Å². The minimum Gasteiger partial charge on any atom is -0.497 e. The summed E-state index contributed by atoms with van der Waals surface area (Å²) in [7, 11) is 3.05. The second-order valence-corrected chi connectivity index (χ2v) is 6.00. The van der Waals surface area contributed by atoms with E-state index in [1.54, 1.807) is 54.6 Å². The molecule has 0 atom stereocenters. The molecule has 3 rings (SSSR count). The number of amides is 1. The van der Waals surface area contributed by atoms with Crippen LogP contribution in [0.2, 0.25) is 0 Å². The third-order valence-corrected chi connectivity index (χ3v) is 4.19. The van der Waals surface area contributed by atoms with Crippen molar-refractivity contribution in [1.29, 1.82) is 0 Å². The molecule has 5 nitrogen and oxygen atoms in total. The molecule has 0 aliphatic heterocycles. The maximum Gasteiger partial charge on any atom is 0.387 e. The number of nitrogens with one attached hydrogen (secondary N) is 1. The van der Waals surface area contributed by atoms with Gasteiger partial charge in [0.2, 0.25) is 0 Å².